The first kappa shape index (κ1) is 9.96. The highest BCUT2D eigenvalue weighted by Crippen LogP contribution is 2.24. The summed E-state index contributed by atoms with van der Waals surface area (Å²) in [5.41, 5.74) is 2.87. The highest BCUT2D eigenvalue weighted by molar-refractivity contribution is 5.54. The minimum atomic E-state index is -0.426. The van der Waals surface area contributed by atoms with Gasteiger partial charge in [-0.2, -0.15) is 4.39 Å². The molecule has 1 aliphatic heterocycles. The number of pyridine rings is 1. The molecule has 1 aliphatic rings. The molecule has 0 aromatic carbocycles. The SMILES string of the molecule is CC1=CN(c2ccc(F)nc2C)CN1C. The third-order valence-corrected chi connectivity index (χ3v) is 2.64. The van der Waals surface area contributed by atoms with Crippen LogP contribution in [0.25, 0.3) is 0 Å². The number of anilines is 1. The maximum absolute atomic E-state index is 12.8. The number of halogens is 1. The zero-order chi connectivity index (χ0) is 11.0. The zero-order valence-corrected chi connectivity index (χ0v) is 9.16. The van der Waals surface area contributed by atoms with E-state index in [4.69, 9.17) is 0 Å². The Labute approximate surface area is 88.8 Å². The molecule has 1 aromatic rings. The molecule has 0 unspecified atom stereocenters. The second-order valence-corrected chi connectivity index (χ2v) is 3.82. The van der Waals surface area contributed by atoms with Gasteiger partial charge in [0.15, 0.2) is 0 Å². The van der Waals surface area contributed by atoms with Crippen LogP contribution in [0, 0.1) is 12.9 Å². The molecule has 0 amide bonds. The Bertz CT molecular complexity index is 414. The molecule has 4 heteroatoms. The van der Waals surface area contributed by atoms with E-state index >= 15 is 0 Å². The van der Waals surface area contributed by atoms with Crippen molar-refractivity contribution in [2.45, 2.75) is 13.8 Å². The lowest BCUT2D eigenvalue weighted by Crippen LogP contribution is -2.23. The fourth-order valence-corrected chi connectivity index (χ4v) is 1.68. The molecule has 15 heavy (non-hydrogen) atoms. The van der Waals surface area contributed by atoms with Gasteiger partial charge in [-0.15, -0.1) is 0 Å². The minimum Gasteiger partial charge on any atom is -0.359 e. The normalized spacial score (nSPS) is 15.9. The van der Waals surface area contributed by atoms with Crippen molar-refractivity contribution >= 4 is 5.69 Å². The van der Waals surface area contributed by atoms with Crippen molar-refractivity contribution in [3.05, 3.63) is 35.7 Å². The van der Waals surface area contributed by atoms with Crippen LogP contribution in [0.5, 0.6) is 0 Å². The van der Waals surface area contributed by atoms with Crippen LogP contribution in [-0.4, -0.2) is 23.6 Å². The summed E-state index contributed by atoms with van der Waals surface area (Å²) in [6.45, 7) is 4.66. The lowest BCUT2D eigenvalue weighted by molar-refractivity contribution is 0.459. The summed E-state index contributed by atoms with van der Waals surface area (Å²) in [6.07, 6.45) is 2.04. The predicted octanol–water partition coefficient (Wildman–Crippen LogP) is 2.10. The Morgan fingerprint density at radius 1 is 1.33 bits per heavy atom. The van der Waals surface area contributed by atoms with Gasteiger partial charge >= 0.3 is 0 Å². The van der Waals surface area contributed by atoms with E-state index in [2.05, 4.69) is 14.8 Å². The number of nitrogens with zero attached hydrogens (tertiary/aromatic N) is 3. The highest BCUT2D eigenvalue weighted by atomic mass is 19.1. The van der Waals surface area contributed by atoms with Crippen LogP contribution in [0.15, 0.2) is 24.0 Å². The van der Waals surface area contributed by atoms with Gasteiger partial charge in [-0.1, -0.05) is 0 Å². The number of allylic oxidation sites excluding steroid dienone is 1. The number of rotatable bonds is 1. The summed E-state index contributed by atoms with van der Waals surface area (Å²) in [6, 6.07) is 3.16. The van der Waals surface area contributed by atoms with Gasteiger partial charge < -0.3 is 9.80 Å². The smallest absolute Gasteiger partial charge is 0.213 e. The number of aryl methyl sites for hydroxylation is 1. The second-order valence-electron chi connectivity index (χ2n) is 3.82. The summed E-state index contributed by atoms with van der Waals surface area (Å²) >= 11 is 0. The van der Waals surface area contributed by atoms with Crippen LogP contribution in [0.3, 0.4) is 0 Å². The largest absolute Gasteiger partial charge is 0.359 e. The molecule has 0 fully saturated rings. The van der Waals surface area contributed by atoms with Gasteiger partial charge in [0, 0.05) is 18.9 Å². The van der Waals surface area contributed by atoms with Gasteiger partial charge in [-0.3, -0.25) is 0 Å². The fourth-order valence-electron chi connectivity index (χ4n) is 1.68. The lowest BCUT2D eigenvalue weighted by Gasteiger charge is -2.19. The first-order valence-corrected chi connectivity index (χ1v) is 4.87. The lowest BCUT2D eigenvalue weighted by atomic mass is 10.3. The zero-order valence-electron chi connectivity index (χ0n) is 9.16. The van der Waals surface area contributed by atoms with Crippen molar-refractivity contribution in [2.75, 3.05) is 18.6 Å². The standard InChI is InChI=1S/C11H14FN3/c1-8-6-15(7-14(8)3)10-4-5-11(12)13-9(10)2/h4-6H,7H2,1-3H3. The van der Waals surface area contributed by atoms with Gasteiger partial charge in [0.2, 0.25) is 5.95 Å². The molecule has 0 spiro atoms. The third kappa shape index (κ3) is 1.79. The molecular weight excluding hydrogens is 193 g/mol. The number of hydrogen-bond donors (Lipinski definition) is 0. The number of hydrogen-bond acceptors (Lipinski definition) is 3. The number of aromatic nitrogens is 1. The molecule has 3 nitrogen and oxygen atoms in total. The van der Waals surface area contributed by atoms with E-state index in [0.29, 0.717) is 5.69 Å². The summed E-state index contributed by atoms with van der Waals surface area (Å²) < 4.78 is 12.8. The summed E-state index contributed by atoms with van der Waals surface area (Å²) in [7, 11) is 2.03. The first-order valence-electron chi connectivity index (χ1n) is 4.87. The quantitative estimate of drug-likeness (QED) is 0.657. The fraction of sp³-hybridized carbons (Fsp3) is 0.364. The Balaban J connectivity index is 2.32. The van der Waals surface area contributed by atoms with Gasteiger partial charge in [0.1, 0.15) is 0 Å². The van der Waals surface area contributed by atoms with Crippen molar-refractivity contribution < 1.29 is 4.39 Å². The van der Waals surface area contributed by atoms with E-state index in [9.17, 15) is 4.39 Å². The maximum Gasteiger partial charge on any atom is 0.213 e. The van der Waals surface area contributed by atoms with Crippen molar-refractivity contribution in [1.82, 2.24) is 9.88 Å². The van der Waals surface area contributed by atoms with E-state index in [1.807, 2.05) is 27.1 Å². The van der Waals surface area contributed by atoms with Crippen molar-refractivity contribution in [1.29, 1.82) is 0 Å². The minimum absolute atomic E-state index is 0.426. The predicted molar refractivity (Wildman–Crippen MR) is 57.8 cm³/mol. The Morgan fingerprint density at radius 2 is 2.07 bits per heavy atom. The second kappa shape index (κ2) is 3.53. The molecule has 0 radical (unpaired) electrons. The van der Waals surface area contributed by atoms with Crippen molar-refractivity contribution in [3.63, 3.8) is 0 Å². The van der Waals surface area contributed by atoms with Crippen molar-refractivity contribution in [2.24, 2.45) is 0 Å². The summed E-state index contributed by atoms with van der Waals surface area (Å²) in [4.78, 5) is 8.01. The Kier molecular flexibility index (Phi) is 2.34. The van der Waals surface area contributed by atoms with E-state index in [1.165, 1.54) is 11.8 Å². The third-order valence-electron chi connectivity index (χ3n) is 2.64. The van der Waals surface area contributed by atoms with Crippen LogP contribution in [0.4, 0.5) is 10.1 Å². The molecule has 0 saturated carbocycles. The monoisotopic (exact) mass is 207 g/mol. The molecule has 0 N–H and O–H groups in total. The van der Waals surface area contributed by atoms with Gasteiger partial charge in [0.05, 0.1) is 18.1 Å². The Hall–Kier alpha value is -1.58. The average molecular weight is 207 g/mol. The summed E-state index contributed by atoms with van der Waals surface area (Å²) in [5, 5.41) is 0. The first-order chi connectivity index (χ1) is 7.08. The molecule has 80 valence electrons. The van der Waals surface area contributed by atoms with Gasteiger partial charge in [-0.05, 0) is 26.0 Å². The molecule has 2 heterocycles. The highest BCUT2D eigenvalue weighted by Gasteiger charge is 2.17. The van der Waals surface area contributed by atoms with E-state index in [0.717, 1.165) is 12.4 Å². The van der Waals surface area contributed by atoms with Crippen LogP contribution in [0.1, 0.15) is 12.6 Å². The van der Waals surface area contributed by atoms with Gasteiger partial charge in [0.25, 0.3) is 0 Å². The van der Waals surface area contributed by atoms with Crippen LogP contribution in [-0.2, 0) is 0 Å². The average Bonchev–Trinajstić information content (AvgIpc) is 2.46. The summed E-state index contributed by atoms with van der Waals surface area (Å²) in [5.74, 6) is -0.426. The molecular formula is C11H14FN3. The van der Waals surface area contributed by atoms with Crippen LogP contribution in [0.2, 0.25) is 0 Å². The van der Waals surface area contributed by atoms with Crippen LogP contribution < -0.4 is 4.90 Å². The maximum atomic E-state index is 12.8. The molecule has 0 bridgehead atoms. The molecule has 0 atom stereocenters. The van der Waals surface area contributed by atoms with E-state index in [1.54, 1.807) is 6.07 Å². The van der Waals surface area contributed by atoms with Crippen LogP contribution >= 0.6 is 0 Å². The topological polar surface area (TPSA) is 19.4 Å². The Morgan fingerprint density at radius 3 is 2.60 bits per heavy atom. The van der Waals surface area contributed by atoms with Gasteiger partial charge in [-0.25, -0.2) is 4.98 Å². The molecule has 0 saturated heterocycles. The molecule has 1 aromatic heterocycles. The van der Waals surface area contributed by atoms with Crippen molar-refractivity contribution in [3.8, 4) is 0 Å². The molecule has 0 aliphatic carbocycles. The van der Waals surface area contributed by atoms with E-state index < -0.39 is 5.95 Å². The van der Waals surface area contributed by atoms with E-state index in [-0.39, 0.29) is 0 Å². The molecule has 2 rings (SSSR count).